The van der Waals surface area contributed by atoms with Crippen molar-refractivity contribution in [3.8, 4) is 5.75 Å². The summed E-state index contributed by atoms with van der Waals surface area (Å²) in [5, 5.41) is 20.2. The quantitative estimate of drug-likeness (QED) is 0.303. The van der Waals surface area contributed by atoms with Gasteiger partial charge in [0.1, 0.15) is 11.5 Å². The van der Waals surface area contributed by atoms with Gasteiger partial charge in [-0.15, -0.1) is 0 Å². The average molecular weight is 425 g/mol. The number of nitrogens with zero attached hydrogens (tertiary/aromatic N) is 1. The van der Waals surface area contributed by atoms with Crippen molar-refractivity contribution in [1.82, 2.24) is 4.90 Å². The highest BCUT2D eigenvalue weighted by molar-refractivity contribution is 6.46. The van der Waals surface area contributed by atoms with Crippen LogP contribution in [0.5, 0.6) is 5.75 Å². The van der Waals surface area contributed by atoms with Gasteiger partial charge in [0.15, 0.2) is 0 Å². The molecule has 1 heterocycles. The molecule has 0 aliphatic carbocycles. The van der Waals surface area contributed by atoms with Crippen molar-refractivity contribution in [3.05, 3.63) is 70.8 Å². The second-order valence-corrected chi connectivity index (χ2v) is 6.91. The number of likely N-dealkylation sites (tertiary alicyclic amines) is 1. The number of aliphatic hydroxyl groups excluding tert-OH is 2. The van der Waals surface area contributed by atoms with Crippen LogP contribution < -0.4 is 4.74 Å². The van der Waals surface area contributed by atoms with E-state index in [1.807, 2.05) is 0 Å². The van der Waals surface area contributed by atoms with Gasteiger partial charge in [-0.25, -0.2) is 4.79 Å². The van der Waals surface area contributed by atoms with Crippen molar-refractivity contribution in [2.24, 2.45) is 0 Å². The molecule has 1 atom stereocenters. The van der Waals surface area contributed by atoms with E-state index in [-0.39, 0.29) is 30.9 Å². The van der Waals surface area contributed by atoms with Gasteiger partial charge in [-0.05, 0) is 48.4 Å². The minimum absolute atomic E-state index is 0.0566. The molecule has 8 nitrogen and oxygen atoms in total. The largest absolute Gasteiger partial charge is 0.507 e. The molecule has 3 rings (SSSR count). The van der Waals surface area contributed by atoms with Crippen molar-refractivity contribution >= 4 is 23.4 Å². The van der Waals surface area contributed by atoms with E-state index in [9.17, 15) is 24.6 Å². The summed E-state index contributed by atoms with van der Waals surface area (Å²) in [4.78, 5) is 38.6. The molecule has 0 saturated carbocycles. The third kappa shape index (κ3) is 4.29. The Kier molecular flexibility index (Phi) is 6.71. The molecule has 31 heavy (non-hydrogen) atoms. The number of ketones is 1. The van der Waals surface area contributed by atoms with Crippen molar-refractivity contribution in [3.63, 3.8) is 0 Å². The number of hydrogen-bond acceptors (Lipinski definition) is 7. The Morgan fingerprint density at radius 2 is 1.61 bits per heavy atom. The van der Waals surface area contributed by atoms with Crippen molar-refractivity contribution in [2.45, 2.75) is 12.5 Å². The summed E-state index contributed by atoms with van der Waals surface area (Å²) in [6.45, 7) is -0.0284. The molecule has 8 heteroatoms. The Hall–Kier alpha value is -3.65. The molecule has 2 N–H and O–H groups in total. The SMILES string of the molecule is COC(=O)c1ccc(C2/C(=C(/O)c3ccc(OC)cc3)C(=O)C(=O)N2CCCO)cc1. The van der Waals surface area contributed by atoms with E-state index in [4.69, 9.17) is 9.47 Å². The van der Waals surface area contributed by atoms with Crippen LogP contribution in [-0.2, 0) is 14.3 Å². The molecule has 1 amide bonds. The van der Waals surface area contributed by atoms with E-state index >= 15 is 0 Å². The summed E-state index contributed by atoms with van der Waals surface area (Å²) in [7, 11) is 2.79. The highest BCUT2D eigenvalue weighted by Gasteiger charge is 2.45. The lowest BCUT2D eigenvalue weighted by molar-refractivity contribution is -0.140. The van der Waals surface area contributed by atoms with E-state index in [1.165, 1.54) is 31.3 Å². The molecule has 1 fully saturated rings. The highest BCUT2D eigenvalue weighted by atomic mass is 16.5. The van der Waals surface area contributed by atoms with Crippen LogP contribution in [0.2, 0.25) is 0 Å². The van der Waals surface area contributed by atoms with Gasteiger partial charge >= 0.3 is 5.97 Å². The van der Waals surface area contributed by atoms with E-state index < -0.39 is 23.7 Å². The average Bonchev–Trinajstić information content (AvgIpc) is 3.06. The van der Waals surface area contributed by atoms with Gasteiger partial charge < -0.3 is 24.6 Å². The highest BCUT2D eigenvalue weighted by Crippen LogP contribution is 2.39. The second kappa shape index (κ2) is 9.44. The lowest BCUT2D eigenvalue weighted by Crippen LogP contribution is -2.31. The summed E-state index contributed by atoms with van der Waals surface area (Å²) >= 11 is 0. The minimum atomic E-state index is -0.861. The predicted octanol–water partition coefficient (Wildman–Crippen LogP) is 2.29. The molecule has 1 unspecified atom stereocenters. The van der Waals surface area contributed by atoms with Crippen LogP contribution in [0.3, 0.4) is 0 Å². The zero-order valence-corrected chi connectivity index (χ0v) is 17.2. The summed E-state index contributed by atoms with van der Waals surface area (Å²) < 4.78 is 9.82. The normalized spacial score (nSPS) is 17.6. The van der Waals surface area contributed by atoms with Crippen LogP contribution in [0, 0.1) is 0 Å². The molecule has 2 aromatic rings. The van der Waals surface area contributed by atoms with Gasteiger partial charge in [0.2, 0.25) is 0 Å². The third-order valence-corrected chi connectivity index (χ3v) is 5.11. The molecule has 0 radical (unpaired) electrons. The van der Waals surface area contributed by atoms with Gasteiger partial charge in [0, 0.05) is 18.7 Å². The number of benzene rings is 2. The molecule has 0 spiro atoms. The maximum Gasteiger partial charge on any atom is 0.337 e. The standard InChI is InChI=1S/C23H23NO7/c1-30-17-10-8-15(9-11-17)20(26)18-19(24(12-3-13-25)22(28)21(18)27)14-4-6-16(7-5-14)23(29)31-2/h4-11,19,25-26H,3,12-13H2,1-2H3/b20-18-. The monoisotopic (exact) mass is 425 g/mol. The van der Waals surface area contributed by atoms with Crippen LogP contribution in [-0.4, -0.2) is 60.1 Å². The maximum absolute atomic E-state index is 12.9. The van der Waals surface area contributed by atoms with Gasteiger partial charge in [0.05, 0.1) is 31.4 Å². The van der Waals surface area contributed by atoms with Gasteiger partial charge in [-0.1, -0.05) is 12.1 Å². The zero-order chi connectivity index (χ0) is 22.5. The molecule has 1 aliphatic heterocycles. The van der Waals surface area contributed by atoms with Gasteiger partial charge in [-0.2, -0.15) is 0 Å². The number of carbonyl (C=O) groups is 3. The second-order valence-electron chi connectivity index (χ2n) is 6.91. The molecule has 0 aromatic heterocycles. The third-order valence-electron chi connectivity index (χ3n) is 5.11. The first-order valence-electron chi connectivity index (χ1n) is 9.65. The smallest absolute Gasteiger partial charge is 0.337 e. The zero-order valence-electron chi connectivity index (χ0n) is 17.2. The van der Waals surface area contributed by atoms with Crippen molar-refractivity contribution in [2.75, 3.05) is 27.4 Å². The Morgan fingerprint density at radius 3 is 2.16 bits per heavy atom. The van der Waals surface area contributed by atoms with Crippen molar-refractivity contribution < 1.29 is 34.1 Å². The summed E-state index contributed by atoms with van der Waals surface area (Å²) in [5.41, 5.74) is 1.16. The molecule has 1 saturated heterocycles. The van der Waals surface area contributed by atoms with Crippen LogP contribution in [0.15, 0.2) is 54.1 Å². The lowest BCUT2D eigenvalue weighted by atomic mass is 9.94. The minimum Gasteiger partial charge on any atom is -0.507 e. The number of aliphatic hydroxyl groups is 2. The summed E-state index contributed by atoms with van der Waals surface area (Å²) in [6.07, 6.45) is 0.270. The topological polar surface area (TPSA) is 113 Å². The number of ether oxygens (including phenoxy) is 2. The molecule has 162 valence electrons. The number of hydrogen-bond donors (Lipinski definition) is 2. The van der Waals surface area contributed by atoms with Crippen LogP contribution >= 0.6 is 0 Å². The van der Waals surface area contributed by atoms with Crippen LogP contribution in [0.1, 0.15) is 33.9 Å². The Morgan fingerprint density at radius 1 is 1.00 bits per heavy atom. The van der Waals surface area contributed by atoms with E-state index in [0.717, 1.165) is 0 Å². The molecule has 1 aliphatic rings. The summed E-state index contributed by atoms with van der Waals surface area (Å²) in [5.74, 6) is -1.82. The fraction of sp³-hybridized carbons (Fsp3) is 0.261. The van der Waals surface area contributed by atoms with E-state index in [0.29, 0.717) is 22.4 Å². The van der Waals surface area contributed by atoms with Crippen LogP contribution in [0.4, 0.5) is 0 Å². The Labute approximate surface area is 179 Å². The lowest BCUT2D eigenvalue weighted by Gasteiger charge is -2.25. The first-order chi connectivity index (χ1) is 14.9. The summed E-state index contributed by atoms with van der Waals surface area (Å²) in [6, 6.07) is 11.9. The maximum atomic E-state index is 12.9. The number of esters is 1. The molecule has 0 bridgehead atoms. The first-order valence-corrected chi connectivity index (χ1v) is 9.65. The van der Waals surface area contributed by atoms with E-state index in [1.54, 1.807) is 36.4 Å². The Balaban J connectivity index is 2.11. The van der Waals surface area contributed by atoms with Crippen molar-refractivity contribution in [1.29, 1.82) is 0 Å². The van der Waals surface area contributed by atoms with Gasteiger partial charge in [-0.3, -0.25) is 9.59 Å². The molecular formula is C23H23NO7. The number of carbonyl (C=O) groups excluding carboxylic acids is 3. The number of amides is 1. The van der Waals surface area contributed by atoms with E-state index in [2.05, 4.69) is 0 Å². The predicted molar refractivity (Wildman–Crippen MR) is 111 cm³/mol. The first kappa shape index (κ1) is 22.0. The number of Topliss-reactive ketones (excluding diaryl/α,β-unsaturated/α-hetero) is 1. The fourth-order valence-electron chi connectivity index (χ4n) is 3.52. The van der Waals surface area contributed by atoms with Crippen LogP contribution in [0.25, 0.3) is 5.76 Å². The molecule has 2 aromatic carbocycles. The number of methoxy groups -OCH3 is 2. The van der Waals surface area contributed by atoms with Gasteiger partial charge in [0.25, 0.3) is 11.7 Å². The fourth-order valence-corrected chi connectivity index (χ4v) is 3.52. The molecular weight excluding hydrogens is 402 g/mol. The Bertz CT molecular complexity index is 1010. The number of rotatable bonds is 7.